The second kappa shape index (κ2) is 7.36. The van der Waals surface area contributed by atoms with Crippen molar-refractivity contribution in [3.05, 3.63) is 90.0 Å². The van der Waals surface area contributed by atoms with Gasteiger partial charge in [-0.25, -0.2) is 0 Å². The van der Waals surface area contributed by atoms with Gasteiger partial charge in [0.2, 0.25) is 0 Å². The first-order valence-corrected chi connectivity index (χ1v) is 7.47. The largest absolute Gasteiger partial charge is 0.508 e. The number of aromatic hydroxyl groups is 1. The maximum Gasteiger partial charge on any atom is 0.120 e. The number of para-hydroxylation sites is 1. The average molecular weight is 306 g/mol. The molecule has 0 aliphatic heterocycles. The molecule has 0 fully saturated rings. The number of ether oxygens (including phenoxy) is 2. The third kappa shape index (κ3) is 4.51. The van der Waals surface area contributed by atoms with Gasteiger partial charge in [-0.1, -0.05) is 42.5 Å². The number of hydrogen-bond donors (Lipinski definition) is 1. The molecule has 0 radical (unpaired) electrons. The van der Waals surface area contributed by atoms with Crippen molar-refractivity contribution in [2.45, 2.75) is 13.2 Å². The first-order valence-electron chi connectivity index (χ1n) is 7.47. The van der Waals surface area contributed by atoms with E-state index < -0.39 is 0 Å². The van der Waals surface area contributed by atoms with E-state index in [1.807, 2.05) is 54.6 Å². The predicted octanol–water partition coefficient (Wildman–Crippen LogP) is 4.55. The number of hydrogen-bond acceptors (Lipinski definition) is 3. The van der Waals surface area contributed by atoms with Crippen molar-refractivity contribution in [1.29, 1.82) is 0 Å². The Morgan fingerprint density at radius 3 is 1.57 bits per heavy atom. The maximum atomic E-state index is 9.24. The Kier molecular flexibility index (Phi) is 4.79. The van der Waals surface area contributed by atoms with Crippen molar-refractivity contribution in [1.82, 2.24) is 0 Å². The lowest BCUT2D eigenvalue weighted by molar-refractivity contribution is 0.302. The Hall–Kier alpha value is -2.94. The lowest BCUT2D eigenvalue weighted by Gasteiger charge is -2.08. The van der Waals surface area contributed by atoms with E-state index in [1.54, 1.807) is 24.3 Å². The van der Waals surface area contributed by atoms with Gasteiger partial charge < -0.3 is 14.6 Å². The van der Waals surface area contributed by atoms with Gasteiger partial charge in [0.25, 0.3) is 0 Å². The summed E-state index contributed by atoms with van der Waals surface area (Å²) in [6.07, 6.45) is 0. The van der Waals surface area contributed by atoms with Crippen LogP contribution >= 0.6 is 0 Å². The van der Waals surface area contributed by atoms with Gasteiger partial charge in [0.1, 0.15) is 30.5 Å². The van der Waals surface area contributed by atoms with Crippen LogP contribution in [0, 0.1) is 0 Å². The summed E-state index contributed by atoms with van der Waals surface area (Å²) < 4.78 is 11.4. The Morgan fingerprint density at radius 1 is 0.565 bits per heavy atom. The highest BCUT2D eigenvalue weighted by atomic mass is 16.5. The summed E-state index contributed by atoms with van der Waals surface area (Å²) in [7, 11) is 0. The minimum Gasteiger partial charge on any atom is -0.508 e. The van der Waals surface area contributed by atoms with Gasteiger partial charge in [0.05, 0.1) is 0 Å². The fourth-order valence-corrected chi connectivity index (χ4v) is 2.12. The molecule has 3 aromatic carbocycles. The highest BCUT2D eigenvalue weighted by Gasteiger charge is 1.99. The molecule has 0 saturated carbocycles. The lowest BCUT2D eigenvalue weighted by Crippen LogP contribution is -1.98. The summed E-state index contributed by atoms with van der Waals surface area (Å²) in [4.78, 5) is 0. The Balaban J connectivity index is 1.51. The average Bonchev–Trinajstić information content (AvgIpc) is 2.61. The number of phenols is 1. The molecule has 3 aromatic rings. The predicted molar refractivity (Wildman–Crippen MR) is 89.7 cm³/mol. The minimum absolute atomic E-state index is 0.236. The van der Waals surface area contributed by atoms with Crippen LogP contribution in [0.2, 0.25) is 0 Å². The summed E-state index contributed by atoms with van der Waals surface area (Å²) in [5.41, 5.74) is 2.20. The van der Waals surface area contributed by atoms with Crippen LogP contribution in [0.3, 0.4) is 0 Å². The zero-order valence-electron chi connectivity index (χ0n) is 12.7. The molecule has 1 N–H and O–H groups in total. The van der Waals surface area contributed by atoms with Gasteiger partial charge in [0.15, 0.2) is 0 Å². The van der Waals surface area contributed by atoms with E-state index in [1.165, 1.54) is 0 Å². The molecule has 0 unspecified atom stereocenters. The molecule has 3 nitrogen and oxygen atoms in total. The quantitative estimate of drug-likeness (QED) is 0.726. The van der Waals surface area contributed by atoms with Crippen LogP contribution in [0.15, 0.2) is 78.9 Å². The smallest absolute Gasteiger partial charge is 0.120 e. The fraction of sp³-hybridized carbons (Fsp3) is 0.100. The van der Waals surface area contributed by atoms with Crippen LogP contribution in [0.25, 0.3) is 0 Å². The molecule has 23 heavy (non-hydrogen) atoms. The SMILES string of the molecule is Oc1ccc(OCc2ccc(COc3ccccc3)cc2)cc1. The van der Waals surface area contributed by atoms with Crippen molar-refractivity contribution >= 4 is 0 Å². The van der Waals surface area contributed by atoms with E-state index >= 15 is 0 Å². The normalized spacial score (nSPS) is 10.3. The van der Waals surface area contributed by atoms with Gasteiger partial charge in [-0.2, -0.15) is 0 Å². The number of rotatable bonds is 6. The highest BCUT2D eigenvalue weighted by molar-refractivity contribution is 5.30. The zero-order valence-corrected chi connectivity index (χ0v) is 12.7. The van der Waals surface area contributed by atoms with Crippen molar-refractivity contribution in [3.63, 3.8) is 0 Å². The molecule has 0 amide bonds. The summed E-state index contributed by atoms with van der Waals surface area (Å²) in [6.45, 7) is 1.04. The molecule has 0 spiro atoms. The standard InChI is InChI=1S/C20H18O3/c21-18-10-12-20(13-11-18)23-15-17-8-6-16(7-9-17)14-22-19-4-2-1-3-5-19/h1-13,21H,14-15H2. The summed E-state index contributed by atoms with van der Waals surface area (Å²) in [5.74, 6) is 1.84. The monoisotopic (exact) mass is 306 g/mol. The molecular weight excluding hydrogens is 288 g/mol. The second-order valence-corrected chi connectivity index (χ2v) is 5.20. The molecule has 3 heteroatoms. The fourth-order valence-electron chi connectivity index (χ4n) is 2.12. The van der Waals surface area contributed by atoms with Crippen LogP contribution in [0.5, 0.6) is 17.2 Å². The first kappa shape index (κ1) is 15.0. The van der Waals surface area contributed by atoms with Gasteiger partial charge >= 0.3 is 0 Å². The van der Waals surface area contributed by atoms with Crippen molar-refractivity contribution in [3.8, 4) is 17.2 Å². The van der Waals surface area contributed by atoms with E-state index in [-0.39, 0.29) is 5.75 Å². The maximum absolute atomic E-state index is 9.24. The molecule has 0 atom stereocenters. The van der Waals surface area contributed by atoms with E-state index in [9.17, 15) is 5.11 Å². The van der Waals surface area contributed by atoms with E-state index in [2.05, 4.69) is 0 Å². The number of phenolic OH excluding ortho intramolecular Hbond substituents is 1. The van der Waals surface area contributed by atoms with Gasteiger partial charge in [-0.3, -0.25) is 0 Å². The Bertz CT molecular complexity index is 719. The molecule has 3 rings (SSSR count). The molecule has 0 aromatic heterocycles. The lowest BCUT2D eigenvalue weighted by atomic mass is 10.1. The molecule has 0 heterocycles. The van der Waals surface area contributed by atoms with E-state index in [0.717, 1.165) is 22.6 Å². The van der Waals surface area contributed by atoms with Crippen LogP contribution < -0.4 is 9.47 Å². The van der Waals surface area contributed by atoms with Gasteiger partial charge in [-0.05, 0) is 47.5 Å². The van der Waals surface area contributed by atoms with Crippen molar-refractivity contribution < 1.29 is 14.6 Å². The number of benzene rings is 3. The second-order valence-electron chi connectivity index (χ2n) is 5.20. The molecule has 0 aliphatic carbocycles. The molecule has 0 bridgehead atoms. The highest BCUT2D eigenvalue weighted by Crippen LogP contribution is 2.18. The molecule has 116 valence electrons. The van der Waals surface area contributed by atoms with Gasteiger partial charge in [0, 0.05) is 0 Å². The topological polar surface area (TPSA) is 38.7 Å². The third-order valence-electron chi connectivity index (χ3n) is 3.41. The molecule has 0 aliphatic rings. The van der Waals surface area contributed by atoms with Crippen molar-refractivity contribution in [2.75, 3.05) is 0 Å². The van der Waals surface area contributed by atoms with Crippen LogP contribution in [-0.2, 0) is 13.2 Å². The zero-order chi connectivity index (χ0) is 15.9. The summed E-state index contributed by atoms with van der Waals surface area (Å²) in [6, 6.07) is 24.6. The minimum atomic E-state index is 0.236. The Morgan fingerprint density at radius 2 is 1.04 bits per heavy atom. The van der Waals surface area contributed by atoms with Crippen LogP contribution in [0.4, 0.5) is 0 Å². The first-order chi connectivity index (χ1) is 11.3. The van der Waals surface area contributed by atoms with Crippen molar-refractivity contribution in [2.24, 2.45) is 0 Å². The summed E-state index contributed by atoms with van der Waals surface area (Å²) >= 11 is 0. The summed E-state index contributed by atoms with van der Waals surface area (Å²) in [5, 5.41) is 9.24. The van der Waals surface area contributed by atoms with Gasteiger partial charge in [-0.15, -0.1) is 0 Å². The molecule has 0 saturated heterocycles. The van der Waals surface area contributed by atoms with Crippen LogP contribution in [-0.4, -0.2) is 5.11 Å². The Labute approximate surface area is 135 Å². The van der Waals surface area contributed by atoms with E-state index in [4.69, 9.17) is 9.47 Å². The molecular formula is C20H18O3. The third-order valence-corrected chi connectivity index (χ3v) is 3.41. The van der Waals surface area contributed by atoms with E-state index in [0.29, 0.717) is 13.2 Å². The van der Waals surface area contributed by atoms with Crippen LogP contribution in [0.1, 0.15) is 11.1 Å².